The summed E-state index contributed by atoms with van der Waals surface area (Å²) in [6.45, 7) is -5.35. The Morgan fingerprint density at radius 1 is 0.739 bits per heavy atom. The maximum atomic E-state index is 7.56. The minimum Gasteiger partial charge on any atom is -0.325 e. The fourth-order valence-electron chi connectivity index (χ4n) is 1.58. The molecule has 1 rings (SSSR count). The molecule has 0 saturated heterocycles. The summed E-state index contributed by atoms with van der Waals surface area (Å²) in [6.07, 6.45) is 8.14. The van der Waals surface area contributed by atoms with Crippen molar-refractivity contribution in [1.29, 1.82) is 0 Å². The zero-order valence-corrected chi connectivity index (χ0v) is 16.4. The monoisotopic (exact) mass is 404 g/mol. The highest BCUT2D eigenvalue weighted by atomic mass is 32.5. The van der Waals surface area contributed by atoms with E-state index in [1.807, 2.05) is 0 Å². The molecule has 0 unspecified atom stereocenters. The van der Waals surface area contributed by atoms with Gasteiger partial charge in [0.15, 0.2) is 0 Å². The molecule has 0 spiro atoms. The number of hydrogen-bond acceptors (Lipinski definition) is 2. The Hall–Kier alpha value is 0.280. The molecule has 6 nitrogen and oxygen atoms in total. The van der Waals surface area contributed by atoms with Crippen LogP contribution in [0.2, 0.25) is 0 Å². The van der Waals surface area contributed by atoms with E-state index in [4.69, 9.17) is 29.4 Å². The molecule has 10 heteroatoms. The van der Waals surface area contributed by atoms with Crippen LogP contribution in [0.5, 0.6) is 0 Å². The van der Waals surface area contributed by atoms with Crippen LogP contribution in [0.1, 0.15) is 44.6 Å². The highest BCUT2D eigenvalue weighted by molar-refractivity contribution is 8.06. The molecule has 0 saturated carbocycles. The molecule has 0 aromatic heterocycles. The Morgan fingerprint density at radius 2 is 1.13 bits per heavy atom. The van der Waals surface area contributed by atoms with Crippen LogP contribution in [0.3, 0.4) is 0 Å². The van der Waals surface area contributed by atoms with Gasteiger partial charge in [-0.2, -0.15) is 0 Å². The van der Waals surface area contributed by atoms with Crippen LogP contribution in [0.25, 0.3) is 0 Å². The second-order valence-corrected chi connectivity index (χ2v) is 9.67. The van der Waals surface area contributed by atoms with Gasteiger partial charge in [0.1, 0.15) is 0 Å². The van der Waals surface area contributed by atoms with Gasteiger partial charge in [-0.1, -0.05) is 62.9 Å². The minimum atomic E-state index is -3.81. The zero-order valence-electron chi connectivity index (χ0n) is 13.0. The molecule has 0 heterocycles. The number of benzene rings is 1. The van der Waals surface area contributed by atoms with E-state index in [0.717, 1.165) is 0 Å². The average molecular weight is 404 g/mol. The molecule has 0 amide bonds. The van der Waals surface area contributed by atoms with Crippen LogP contribution >= 0.6 is 13.4 Å². The molecule has 0 atom stereocenters. The molecule has 23 heavy (non-hydrogen) atoms. The molecule has 1 aromatic rings. The van der Waals surface area contributed by atoms with Gasteiger partial charge in [0.2, 0.25) is 0 Å². The molecule has 0 aliphatic rings. The first kappa shape index (κ1) is 25.5. The normalized spacial score (nSPS) is 10.9. The lowest BCUT2D eigenvalue weighted by molar-refractivity contribution is 0.361. The van der Waals surface area contributed by atoms with Crippen LogP contribution in [-0.4, -0.2) is 29.4 Å². The average Bonchev–Trinajstić information content (AvgIpc) is 2.36. The van der Waals surface area contributed by atoms with Crippen molar-refractivity contribution in [2.24, 2.45) is 0 Å². The van der Waals surface area contributed by atoms with Crippen molar-refractivity contribution in [3.05, 3.63) is 35.9 Å². The Labute approximate surface area is 148 Å². The van der Waals surface area contributed by atoms with Crippen LogP contribution in [-0.2, 0) is 30.0 Å². The second-order valence-electron chi connectivity index (χ2n) is 4.68. The van der Waals surface area contributed by atoms with Crippen LogP contribution in [0, 0.1) is 0 Å². The van der Waals surface area contributed by atoms with E-state index < -0.39 is 13.4 Å². The maximum Gasteiger partial charge on any atom is 0.319 e. The van der Waals surface area contributed by atoms with Gasteiger partial charge in [-0.15, -0.1) is 0 Å². The molecule has 0 radical (unpaired) electrons. The number of rotatable bonds is 6. The molecule has 0 bridgehead atoms. The fourth-order valence-corrected chi connectivity index (χ4v) is 1.58. The van der Waals surface area contributed by atoms with Gasteiger partial charge < -0.3 is 29.4 Å². The zero-order chi connectivity index (χ0) is 18.4. The summed E-state index contributed by atoms with van der Waals surface area (Å²) >= 11 is 7.21. The lowest BCUT2D eigenvalue weighted by Gasteiger charge is -2.00. The van der Waals surface area contributed by atoms with Gasteiger partial charge in [0.25, 0.3) is 0 Å². The van der Waals surface area contributed by atoms with Gasteiger partial charge in [-0.3, -0.25) is 0 Å². The summed E-state index contributed by atoms with van der Waals surface area (Å²) < 4.78 is 0. The van der Waals surface area contributed by atoms with Crippen LogP contribution in [0.15, 0.2) is 30.3 Å². The van der Waals surface area contributed by atoms with Crippen molar-refractivity contribution >= 4 is 37.1 Å². The highest BCUT2D eigenvalue weighted by Gasteiger charge is 1.93. The Bertz CT molecular complexity index is 438. The van der Waals surface area contributed by atoms with Gasteiger partial charge in [-0.25, -0.2) is 0 Å². The Kier molecular flexibility index (Phi) is 16.2. The summed E-state index contributed by atoms with van der Waals surface area (Å²) in [5, 5.41) is 0. The van der Waals surface area contributed by atoms with Crippen molar-refractivity contribution < 1.29 is 29.4 Å². The molecular weight excluding hydrogens is 378 g/mol. The first-order chi connectivity index (χ1) is 10.4. The van der Waals surface area contributed by atoms with Crippen molar-refractivity contribution in [3.8, 4) is 0 Å². The molecule has 6 N–H and O–H groups in total. The third-order valence-corrected chi connectivity index (χ3v) is 2.41. The van der Waals surface area contributed by atoms with Gasteiger partial charge >= 0.3 is 13.4 Å². The van der Waals surface area contributed by atoms with E-state index in [2.05, 4.69) is 60.9 Å². The van der Waals surface area contributed by atoms with E-state index in [9.17, 15) is 0 Å². The van der Waals surface area contributed by atoms with Crippen molar-refractivity contribution in [3.63, 3.8) is 0 Å². The van der Waals surface area contributed by atoms with Crippen LogP contribution in [0.4, 0.5) is 0 Å². The van der Waals surface area contributed by atoms with Gasteiger partial charge in [-0.05, 0) is 42.0 Å². The Balaban J connectivity index is 0. The highest BCUT2D eigenvalue weighted by Crippen LogP contribution is 2.26. The SMILES string of the molecule is CCCCCCCc1ccccc1.OP(O)(O)=S.OP(O)(O)=S. The van der Waals surface area contributed by atoms with Gasteiger partial charge in [0.05, 0.1) is 0 Å². The molecule has 0 fully saturated rings. The van der Waals surface area contributed by atoms with E-state index in [0.29, 0.717) is 0 Å². The fraction of sp³-hybridized carbons (Fsp3) is 0.538. The number of aryl methyl sites for hydroxylation is 1. The van der Waals surface area contributed by atoms with E-state index in [1.165, 1.54) is 44.1 Å². The summed E-state index contributed by atoms with van der Waals surface area (Å²) in [6, 6.07) is 10.8. The maximum absolute atomic E-state index is 7.56. The van der Waals surface area contributed by atoms with E-state index >= 15 is 0 Å². The van der Waals surface area contributed by atoms with E-state index in [1.54, 1.807) is 0 Å². The van der Waals surface area contributed by atoms with E-state index in [-0.39, 0.29) is 0 Å². The molecular formula is C13H26O6P2S2. The topological polar surface area (TPSA) is 121 Å². The van der Waals surface area contributed by atoms with Crippen molar-refractivity contribution in [2.75, 3.05) is 0 Å². The first-order valence-corrected chi connectivity index (χ1v) is 12.4. The lowest BCUT2D eigenvalue weighted by atomic mass is 10.1. The minimum absolute atomic E-state index is 1.25. The summed E-state index contributed by atoms with van der Waals surface area (Å²) in [7, 11) is 0. The summed E-state index contributed by atoms with van der Waals surface area (Å²) in [4.78, 5) is 45.3. The van der Waals surface area contributed by atoms with Crippen molar-refractivity contribution in [2.45, 2.75) is 45.4 Å². The van der Waals surface area contributed by atoms with Crippen molar-refractivity contribution in [1.82, 2.24) is 0 Å². The molecule has 1 aromatic carbocycles. The molecule has 136 valence electrons. The third-order valence-electron chi connectivity index (χ3n) is 2.41. The number of unbranched alkanes of at least 4 members (excludes halogenated alkanes) is 4. The largest absolute Gasteiger partial charge is 0.325 e. The van der Waals surface area contributed by atoms with Crippen LogP contribution < -0.4 is 0 Å². The lowest BCUT2D eigenvalue weighted by Crippen LogP contribution is -1.84. The van der Waals surface area contributed by atoms with Gasteiger partial charge in [0, 0.05) is 0 Å². The smallest absolute Gasteiger partial charge is 0.319 e. The predicted molar refractivity (Wildman–Crippen MR) is 101 cm³/mol. The third kappa shape index (κ3) is 39.2. The number of hydrogen-bond donors (Lipinski definition) is 6. The quantitative estimate of drug-likeness (QED) is 0.316. The first-order valence-electron chi connectivity index (χ1n) is 7.04. The standard InChI is InChI=1S/C13H20.2H3O3PS/c1-2-3-4-5-7-10-13-11-8-6-9-12-13;2*1-4(2,3)5/h6,8-9,11-12H,2-5,7,10H2,1H3;2*(H3,1,2,3,5). The predicted octanol–water partition coefficient (Wildman–Crippen LogP) is 2.58. The Morgan fingerprint density at radius 3 is 1.52 bits per heavy atom. The molecule has 0 aliphatic heterocycles. The summed E-state index contributed by atoms with van der Waals surface area (Å²) in [5.41, 5.74) is 1.49. The summed E-state index contributed by atoms with van der Waals surface area (Å²) in [5.74, 6) is 0. The molecule has 0 aliphatic carbocycles. The second kappa shape index (κ2) is 14.6.